The molecule has 0 spiro atoms. The Morgan fingerprint density at radius 2 is 1.83 bits per heavy atom. The van der Waals surface area contributed by atoms with Crippen molar-refractivity contribution in [3.05, 3.63) is 0 Å². The molecule has 0 radical (unpaired) electrons. The van der Waals surface area contributed by atoms with Gasteiger partial charge >= 0.3 is 0 Å². The highest BCUT2D eigenvalue weighted by molar-refractivity contribution is 5.93. The summed E-state index contributed by atoms with van der Waals surface area (Å²) in [7, 11) is 0. The second kappa shape index (κ2) is 1.92. The summed E-state index contributed by atoms with van der Waals surface area (Å²) in [6.07, 6.45) is 7.55. The van der Waals surface area contributed by atoms with Gasteiger partial charge in [0.05, 0.1) is 0 Å². The summed E-state index contributed by atoms with van der Waals surface area (Å²) in [5, 5.41) is 0. The lowest BCUT2D eigenvalue weighted by molar-refractivity contribution is -0.125. The van der Waals surface area contributed by atoms with Crippen molar-refractivity contribution in [3.63, 3.8) is 0 Å². The van der Waals surface area contributed by atoms with E-state index < -0.39 is 0 Å². The zero-order chi connectivity index (χ0) is 8.23. The van der Waals surface area contributed by atoms with Crippen LogP contribution in [0.2, 0.25) is 0 Å². The number of ketones is 1. The van der Waals surface area contributed by atoms with Crippen molar-refractivity contribution < 1.29 is 9.53 Å². The number of carbonyl (C=O) groups is 1. The van der Waals surface area contributed by atoms with Crippen molar-refractivity contribution in [2.75, 3.05) is 0 Å². The molecule has 1 heterocycles. The van der Waals surface area contributed by atoms with Gasteiger partial charge in [-0.3, -0.25) is 4.79 Å². The van der Waals surface area contributed by atoms with Crippen LogP contribution in [0, 0.1) is 0 Å². The van der Waals surface area contributed by atoms with Crippen molar-refractivity contribution in [1.29, 1.82) is 0 Å². The number of epoxide rings is 1. The Labute approximate surface area is 72.3 Å². The summed E-state index contributed by atoms with van der Waals surface area (Å²) in [6.45, 7) is 0. The van der Waals surface area contributed by atoms with Crippen LogP contribution in [0.4, 0.5) is 0 Å². The van der Waals surface area contributed by atoms with Gasteiger partial charge < -0.3 is 4.74 Å². The molecule has 0 N–H and O–H groups in total. The van der Waals surface area contributed by atoms with Gasteiger partial charge in [0.25, 0.3) is 0 Å². The number of carbonyl (C=O) groups excluding carboxylic acids is 1. The minimum atomic E-state index is -0.260. The van der Waals surface area contributed by atoms with Crippen LogP contribution in [0.25, 0.3) is 0 Å². The zero-order valence-electron chi connectivity index (χ0n) is 7.27. The van der Waals surface area contributed by atoms with Crippen molar-refractivity contribution in [3.8, 4) is 0 Å². The van der Waals surface area contributed by atoms with Crippen LogP contribution < -0.4 is 0 Å². The minimum absolute atomic E-state index is 0.0422. The summed E-state index contributed by atoms with van der Waals surface area (Å²) in [5.41, 5.74) is -0.218. The van der Waals surface area contributed by atoms with Gasteiger partial charge in [0.1, 0.15) is 5.60 Å². The molecule has 0 aromatic carbocycles. The lowest BCUT2D eigenvalue weighted by Gasteiger charge is -2.27. The average molecular weight is 166 g/mol. The Kier molecular flexibility index (Phi) is 1.13. The van der Waals surface area contributed by atoms with Crippen LogP contribution in [0.3, 0.4) is 0 Å². The van der Waals surface area contributed by atoms with Gasteiger partial charge in [-0.2, -0.15) is 0 Å². The molecule has 2 atom stereocenters. The van der Waals surface area contributed by atoms with E-state index in [9.17, 15) is 4.79 Å². The summed E-state index contributed by atoms with van der Waals surface area (Å²) in [4.78, 5) is 11.7. The number of hydrogen-bond donors (Lipinski definition) is 0. The molecule has 3 fully saturated rings. The fourth-order valence-electron chi connectivity index (χ4n) is 3.19. The van der Waals surface area contributed by atoms with E-state index in [0.717, 1.165) is 32.1 Å². The van der Waals surface area contributed by atoms with Crippen molar-refractivity contribution in [2.45, 2.75) is 56.1 Å². The van der Waals surface area contributed by atoms with Crippen LogP contribution in [0.5, 0.6) is 0 Å². The summed E-state index contributed by atoms with van der Waals surface area (Å²) in [6, 6.07) is 0. The first-order chi connectivity index (χ1) is 5.79. The highest BCUT2D eigenvalue weighted by Crippen LogP contribution is 2.63. The maximum Gasteiger partial charge on any atom is 0.167 e. The van der Waals surface area contributed by atoms with Gasteiger partial charge in [-0.15, -0.1) is 0 Å². The largest absolute Gasteiger partial charge is 0.354 e. The van der Waals surface area contributed by atoms with Gasteiger partial charge in [0.15, 0.2) is 11.4 Å². The number of rotatable bonds is 0. The molecule has 2 aliphatic carbocycles. The molecule has 66 valence electrons. The molecule has 0 aromatic heterocycles. The van der Waals surface area contributed by atoms with Gasteiger partial charge in [0.2, 0.25) is 0 Å². The first kappa shape index (κ1) is 7.07. The smallest absolute Gasteiger partial charge is 0.167 e. The maximum atomic E-state index is 11.7. The Hall–Kier alpha value is -0.370. The Balaban J connectivity index is 1.97. The second-order valence-electron chi connectivity index (χ2n) is 4.41. The normalized spacial score (nSPS) is 51.2. The number of Topliss-reactive ketones (excluding diaryl/α,β-unsaturated/α-hetero) is 1. The molecule has 3 aliphatic rings. The Morgan fingerprint density at radius 3 is 2.67 bits per heavy atom. The summed E-state index contributed by atoms with van der Waals surface area (Å²) in [5.74, 6) is 0.397. The van der Waals surface area contributed by atoms with E-state index in [1.807, 2.05) is 0 Å². The molecule has 2 saturated carbocycles. The molecular formula is C10H14O2. The van der Waals surface area contributed by atoms with E-state index in [2.05, 4.69) is 0 Å². The van der Waals surface area contributed by atoms with Crippen molar-refractivity contribution >= 4 is 5.78 Å². The topological polar surface area (TPSA) is 29.6 Å². The molecule has 0 bridgehead atoms. The van der Waals surface area contributed by atoms with Crippen LogP contribution in [0.1, 0.15) is 44.9 Å². The highest BCUT2D eigenvalue weighted by Gasteiger charge is 2.74. The van der Waals surface area contributed by atoms with Gasteiger partial charge in [-0.25, -0.2) is 0 Å². The van der Waals surface area contributed by atoms with E-state index in [0.29, 0.717) is 5.78 Å². The van der Waals surface area contributed by atoms with E-state index >= 15 is 0 Å². The van der Waals surface area contributed by atoms with E-state index in [1.54, 1.807) is 0 Å². The molecular weight excluding hydrogens is 152 g/mol. The van der Waals surface area contributed by atoms with E-state index in [4.69, 9.17) is 4.74 Å². The minimum Gasteiger partial charge on any atom is -0.354 e. The molecule has 0 aromatic rings. The van der Waals surface area contributed by atoms with Crippen molar-refractivity contribution in [1.82, 2.24) is 0 Å². The third-order valence-electron chi connectivity index (χ3n) is 3.86. The molecule has 0 amide bonds. The lowest BCUT2D eigenvalue weighted by atomic mass is 9.70. The third-order valence-corrected chi connectivity index (χ3v) is 3.86. The van der Waals surface area contributed by atoms with Gasteiger partial charge in [-0.05, 0) is 32.1 Å². The predicted molar refractivity (Wildman–Crippen MR) is 43.9 cm³/mol. The standard InChI is InChI=1S/C10H14O2/c11-8-4-3-6-9-5-1-2-7-10(8,9)12-9/h1-7H2/t9-,10+/m0/s1. The highest BCUT2D eigenvalue weighted by atomic mass is 16.6. The van der Waals surface area contributed by atoms with Crippen LogP contribution in [-0.4, -0.2) is 17.0 Å². The Bertz CT molecular complexity index is 244. The van der Waals surface area contributed by atoms with Crippen molar-refractivity contribution in [2.24, 2.45) is 0 Å². The first-order valence-corrected chi connectivity index (χ1v) is 5.03. The molecule has 1 aliphatic heterocycles. The molecule has 1 saturated heterocycles. The SMILES string of the molecule is O=C1CCC[C@@]23CCCC[C@@]12O3. The van der Waals surface area contributed by atoms with Crippen LogP contribution in [-0.2, 0) is 9.53 Å². The lowest BCUT2D eigenvalue weighted by Crippen LogP contribution is -2.40. The average Bonchev–Trinajstić information content (AvgIpc) is 2.75. The molecule has 0 unspecified atom stereocenters. The van der Waals surface area contributed by atoms with Gasteiger partial charge in [-0.1, -0.05) is 6.42 Å². The fraction of sp³-hybridized carbons (Fsp3) is 0.900. The van der Waals surface area contributed by atoms with Crippen LogP contribution >= 0.6 is 0 Å². The predicted octanol–water partition coefficient (Wildman–Crippen LogP) is 1.82. The fourth-order valence-corrected chi connectivity index (χ4v) is 3.19. The number of ether oxygens (including phenoxy) is 1. The maximum absolute atomic E-state index is 11.7. The van der Waals surface area contributed by atoms with E-state index in [-0.39, 0.29) is 11.2 Å². The third kappa shape index (κ3) is 0.598. The molecule has 3 rings (SSSR count). The number of hydrogen-bond acceptors (Lipinski definition) is 2. The Morgan fingerprint density at radius 1 is 1.08 bits per heavy atom. The van der Waals surface area contributed by atoms with Gasteiger partial charge in [0, 0.05) is 6.42 Å². The zero-order valence-corrected chi connectivity index (χ0v) is 7.27. The second-order valence-corrected chi connectivity index (χ2v) is 4.41. The molecule has 12 heavy (non-hydrogen) atoms. The quantitative estimate of drug-likeness (QED) is 0.514. The molecule has 2 nitrogen and oxygen atoms in total. The summed E-state index contributed by atoms with van der Waals surface area (Å²) < 4.78 is 5.78. The van der Waals surface area contributed by atoms with E-state index in [1.165, 1.54) is 12.8 Å². The summed E-state index contributed by atoms with van der Waals surface area (Å²) >= 11 is 0. The first-order valence-electron chi connectivity index (χ1n) is 5.03. The van der Waals surface area contributed by atoms with Crippen LogP contribution in [0.15, 0.2) is 0 Å². The molecule has 2 heteroatoms. The monoisotopic (exact) mass is 166 g/mol.